The lowest BCUT2D eigenvalue weighted by Crippen LogP contribution is -2.26. The molecule has 0 fully saturated rings. The highest BCUT2D eigenvalue weighted by Gasteiger charge is 2.17. The Labute approximate surface area is 135 Å². The monoisotopic (exact) mass is 309 g/mol. The number of amides is 1. The van der Waals surface area contributed by atoms with Crippen LogP contribution in [-0.2, 0) is 14.3 Å². The van der Waals surface area contributed by atoms with Gasteiger partial charge in [-0.2, -0.15) is 0 Å². The van der Waals surface area contributed by atoms with Gasteiger partial charge in [0, 0.05) is 6.92 Å². The van der Waals surface area contributed by atoms with Crippen molar-refractivity contribution in [1.29, 1.82) is 0 Å². The highest BCUT2D eigenvalue weighted by Crippen LogP contribution is 2.18. The molecule has 0 bridgehead atoms. The topological polar surface area (TPSA) is 55.4 Å². The molecular formula is C19H19NO3. The van der Waals surface area contributed by atoms with Gasteiger partial charge >= 0.3 is 5.97 Å². The molecule has 4 heteroatoms. The predicted molar refractivity (Wildman–Crippen MR) is 89.2 cm³/mol. The summed E-state index contributed by atoms with van der Waals surface area (Å²) in [5.74, 6) is -0.892. The van der Waals surface area contributed by atoms with Crippen LogP contribution in [0.5, 0.6) is 0 Å². The van der Waals surface area contributed by atoms with Crippen LogP contribution < -0.4 is 5.32 Å². The molecule has 4 nitrogen and oxygen atoms in total. The van der Waals surface area contributed by atoms with E-state index in [1.807, 2.05) is 60.7 Å². The maximum absolute atomic E-state index is 12.4. The quantitative estimate of drug-likeness (QED) is 0.679. The van der Waals surface area contributed by atoms with Gasteiger partial charge in [0.05, 0.1) is 0 Å². The minimum atomic E-state index is -0.569. The molecule has 0 radical (unpaired) electrons. The highest BCUT2D eigenvalue weighted by molar-refractivity contribution is 5.97. The second-order valence-electron chi connectivity index (χ2n) is 5.11. The summed E-state index contributed by atoms with van der Waals surface area (Å²) < 4.78 is 5.45. The van der Waals surface area contributed by atoms with E-state index in [4.69, 9.17) is 4.74 Å². The van der Waals surface area contributed by atoms with Crippen LogP contribution in [0.2, 0.25) is 0 Å². The van der Waals surface area contributed by atoms with Gasteiger partial charge in [0.1, 0.15) is 11.8 Å². The average molecular weight is 309 g/mol. The van der Waals surface area contributed by atoms with Gasteiger partial charge in [-0.1, -0.05) is 60.7 Å². The number of hydrogen-bond donors (Lipinski definition) is 1. The smallest absolute Gasteiger partial charge is 0.355 e. The SMILES string of the molecule is CC(=O)N/C(=C\c1ccccc1)C(=O)O[C@@H](C)c1ccccc1. The predicted octanol–water partition coefficient (Wildman–Crippen LogP) is 3.47. The zero-order valence-corrected chi connectivity index (χ0v) is 13.2. The van der Waals surface area contributed by atoms with E-state index >= 15 is 0 Å². The van der Waals surface area contributed by atoms with Crippen LogP contribution in [0.25, 0.3) is 6.08 Å². The van der Waals surface area contributed by atoms with Crippen molar-refractivity contribution in [3.05, 3.63) is 77.5 Å². The van der Waals surface area contributed by atoms with Crippen LogP contribution >= 0.6 is 0 Å². The Morgan fingerprint density at radius 1 is 1.00 bits per heavy atom. The lowest BCUT2D eigenvalue weighted by molar-refractivity contribution is -0.145. The van der Waals surface area contributed by atoms with Gasteiger partial charge < -0.3 is 10.1 Å². The van der Waals surface area contributed by atoms with Crippen molar-refractivity contribution in [2.75, 3.05) is 0 Å². The molecule has 0 aromatic heterocycles. The molecule has 1 amide bonds. The first kappa shape index (κ1) is 16.5. The molecule has 0 spiro atoms. The zero-order valence-electron chi connectivity index (χ0n) is 13.2. The summed E-state index contributed by atoms with van der Waals surface area (Å²) in [6.45, 7) is 3.15. The molecule has 0 aliphatic heterocycles. The fourth-order valence-corrected chi connectivity index (χ4v) is 2.07. The van der Waals surface area contributed by atoms with Gasteiger partial charge in [0.25, 0.3) is 0 Å². The zero-order chi connectivity index (χ0) is 16.7. The molecule has 0 aliphatic carbocycles. The molecule has 0 saturated heterocycles. The number of benzene rings is 2. The van der Waals surface area contributed by atoms with Crippen LogP contribution in [0.15, 0.2) is 66.4 Å². The number of rotatable bonds is 5. The van der Waals surface area contributed by atoms with E-state index in [2.05, 4.69) is 5.32 Å². The molecule has 0 saturated carbocycles. The molecular weight excluding hydrogens is 290 g/mol. The van der Waals surface area contributed by atoms with Crippen LogP contribution in [0.1, 0.15) is 31.1 Å². The minimum Gasteiger partial charge on any atom is -0.453 e. The lowest BCUT2D eigenvalue weighted by Gasteiger charge is -2.15. The van der Waals surface area contributed by atoms with E-state index in [9.17, 15) is 9.59 Å². The molecule has 23 heavy (non-hydrogen) atoms. The van der Waals surface area contributed by atoms with Crippen LogP contribution in [-0.4, -0.2) is 11.9 Å². The molecule has 0 unspecified atom stereocenters. The Morgan fingerprint density at radius 2 is 1.57 bits per heavy atom. The number of nitrogens with one attached hydrogen (secondary N) is 1. The van der Waals surface area contributed by atoms with Gasteiger partial charge in [-0.25, -0.2) is 4.79 Å². The van der Waals surface area contributed by atoms with Crippen molar-refractivity contribution in [1.82, 2.24) is 5.32 Å². The van der Waals surface area contributed by atoms with Crippen molar-refractivity contribution in [3.8, 4) is 0 Å². The van der Waals surface area contributed by atoms with Gasteiger partial charge in [-0.15, -0.1) is 0 Å². The number of hydrogen-bond acceptors (Lipinski definition) is 3. The molecule has 0 heterocycles. The third-order valence-electron chi connectivity index (χ3n) is 3.19. The third-order valence-corrected chi connectivity index (χ3v) is 3.19. The van der Waals surface area contributed by atoms with Crippen LogP contribution in [0.4, 0.5) is 0 Å². The summed E-state index contributed by atoms with van der Waals surface area (Å²) in [6.07, 6.45) is 1.19. The van der Waals surface area contributed by atoms with Crippen molar-refractivity contribution in [2.45, 2.75) is 20.0 Å². The van der Waals surface area contributed by atoms with Gasteiger partial charge in [0.15, 0.2) is 0 Å². The van der Waals surface area contributed by atoms with Crippen molar-refractivity contribution in [2.24, 2.45) is 0 Å². The summed E-state index contributed by atoms with van der Waals surface area (Å²) in [7, 11) is 0. The molecule has 2 aromatic carbocycles. The third kappa shape index (κ3) is 5.11. The first-order chi connectivity index (χ1) is 11.1. The lowest BCUT2D eigenvalue weighted by atomic mass is 10.1. The second-order valence-corrected chi connectivity index (χ2v) is 5.11. The Bertz CT molecular complexity index is 693. The maximum Gasteiger partial charge on any atom is 0.355 e. The molecule has 118 valence electrons. The van der Waals surface area contributed by atoms with E-state index in [0.717, 1.165) is 11.1 Å². The van der Waals surface area contributed by atoms with E-state index < -0.39 is 12.1 Å². The Morgan fingerprint density at radius 3 is 2.13 bits per heavy atom. The molecule has 2 aromatic rings. The van der Waals surface area contributed by atoms with Crippen LogP contribution in [0, 0.1) is 0 Å². The van der Waals surface area contributed by atoms with Crippen molar-refractivity contribution >= 4 is 18.0 Å². The maximum atomic E-state index is 12.4. The fourth-order valence-electron chi connectivity index (χ4n) is 2.07. The van der Waals surface area contributed by atoms with E-state index in [1.165, 1.54) is 6.92 Å². The number of carbonyl (C=O) groups is 2. The summed E-state index contributed by atoms with van der Waals surface area (Å²) in [6, 6.07) is 18.7. The minimum absolute atomic E-state index is 0.117. The summed E-state index contributed by atoms with van der Waals surface area (Å²) in [4.78, 5) is 23.7. The number of esters is 1. The molecule has 0 aliphatic rings. The number of carbonyl (C=O) groups excluding carboxylic acids is 2. The van der Waals surface area contributed by atoms with Crippen LogP contribution in [0.3, 0.4) is 0 Å². The van der Waals surface area contributed by atoms with Crippen molar-refractivity contribution in [3.63, 3.8) is 0 Å². The number of ether oxygens (including phenoxy) is 1. The van der Waals surface area contributed by atoms with Gasteiger partial charge in [0.2, 0.25) is 5.91 Å². The Balaban J connectivity index is 2.17. The second kappa shape index (κ2) is 7.94. The first-order valence-corrected chi connectivity index (χ1v) is 7.36. The Hall–Kier alpha value is -2.88. The molecule has 2 rings (SSSR count). The average Bonchev–Trinajstić information content (AvgIpc) is 2.55. The summed E-state index contributed by atoms with van der Waals surface area (Å²) in [5.41, 5.74) is 1.81. The largest absolute Gasteiger partial charge is 0.453 e. The molecule has 1 atom stereocenters. The van der Waals surface area contributed by atoms with Crippen molar-refractivity contribution < 1.29 is 14.3 Å². The fraction of sp³-hybridized carbons (Fsp3) is 0.158. The van der Waals surface area contributed by atoms with E-state index in [-0.39, 0.29) is 11.6 Å². The molecule has 1 N–H and O–H groups in total. The summed E-state index contributed by atoms with van der Waals surface area (Å²) >= 11 is 0. The first-order valence-electron chi connectivity index (χ1n) is 7.36. The normalized spacial score (nSPS) is 12.3. The van der Waals surface area contributed by atoms with E-state index in [1.54, 1.807) is 13.0 Å². The highest BCUT2D eigenvalue weighted by atomic mass is 16.5. The summed E-state index contributed by atoms with van der Waals surface area (Å²) in [5, 5.41) is 2.53. The standard InChI is InChI=1S/C19H19NO3/c1-14(17-11-7-4-8-12-17)23-19(22)18(20-15(2)21)13-16-9-5-3-6-10-16/h3-14H,1-2H3,(H,20,21)/b18-13-/t14-/m0/s1. The van der Waals surface area contributed by atoms with Gasteiger partial charge in [-0.3, -0.25) is 4.79 Å². The van der Waals surface area contributed by atoms with E-state index in [0.29, 0.717) is 0 Å². The Kier molecular flexibility index (Phi) is 5.69. The van der Waals surface area contributed by atoms with Gasteiger partial charge in [-0.05, 0) is 24.1 Å².